The minimum atomic E-state index is -1.05. The molecule has 4 rings (SSSR count). The first-order valence-electron chi connectivity index (χ1n) is 11.6. The van der Waals surface area contributed by atoms with Crippen LogP contribution in [0.25, 0.3) is 0 Å². The molecular weight excluding hydrogens is 430 g/mol. The fourth-order valence-corrected chi connectivity index (χ4v) is 7.47. The molecular formula is C22H35N5O4S. The van der Waals surface area contributed by atoms with Gasteiger partial charge in [-0.05, 0) is 51.5 Å². The number of amides is 1. The van der Waals surface area contributed by atoms with Crippen molar-refractivity contribution < 1.29 is 19.8 Å². The number of nitrogens with two attached hydrogens (primary N) is 2. The van der Waals surface area contributed by atoms with Crippen LogP contribution < -0.4 is 11.5 Å². The van der Waals surface area contributed by atoms with E-state index < -0.39 is 18.0 Å². The number of carboxylic acids is 1. The summed E-state index contributed by atoms with van der Waals surface area (Å²) in [7, 11) is 0. The summed E-state index contributed by atoms with van der Waals surface area (Å²) in [6.07, 6.45) is 4.54. The van der Waals surface area contributed by atoms with Gasteiger partial charge in [-0.2, -0.15) is 0 Å². The zero-order chi connectivity index (χ0) is 23.2. The van der Waals surface area contributed by atoms with Gasteiger partial charge in [0.25, 0.3) is 0 Å². The highest BCUT2D eigenvalue weighted by molar-refractivity contribution is 8.03. The van der Waals surface area contributed by atoms with Crippen LogP contribution in [0.2, 0.25) is 0 Å². The maximum atomic E-state index is 12.5. The molecule has 2 saturated heterocycles. The van der Waals surface area contributed by atoms with Crippen molar-refractivity contribution >= 4 is 29.6 Å². The molecule has 0 aromatic heterocycles. The molecule has 5 atom stereocenters. The Balaban J connectivity index is 1.34. The summed E-state index contributed by atoms with van der Waals surface area (Å²) in [5, 5.41) is 20.1. The molecule has 1 aliphatic carbocycles. The quantitative estimate of drug-likeness (QED) is 0.245. The van der Waals surface area contributed by atoms with E-state index in [1.807, 2.05) is 6.92 Å². The first-order chi connectivity index (χ1) is 15.2. The van der Waals surface area contributed by atoms with Crippen LogP contribution in [0.15, 0.2) is 15.6 Å². The van der Waals surface area contributed by atoms with Gasteiger partial charge in [0.2, 0.25) is 5.91 Å². The third-order valence-corrected chi connectivity index (χ3v) is 9.04. The van der Waals surface area contributed by atoms with Crippen LogP contribution in [-0.4, -0.2) is 80.9 Å². The number of likely N-dealkylation sites (tertiary alicyclic amines) is 1. The zero-order valence-corrected chi connectivity index (χ0v) is 19.6. The number of guanidine groups is 1. The van der Waals surface area contributed by atoms with Crippen LogP contribution in [0.3, 0.4) is 0 Å². The highest BCUT2D eigenvalue weighted by Crippen LogP contribution is 2.52. The van der Waals surface area contributed by atoms with E-state index in [0.29, 0.717) is 11.2 Å². The van der Waals surface area contributed by atoms with Crippen LogP contribution in [0.4, 0.5) is 0 Å². The maximum Gasteiger partial charge on any atom is 0.353 e. The number of hydrogen-bond donors (Lipinski definition) is 4. The van der Waals surface area contributed by atoms with Crippen LogP contribution in [0.1, 0.15) is 46.0 Å². The summed E-state index contributed by atoms with van der Waals surface area (Å²) >= 11 is 1.63. The van der Waals surface area contributed by atoms with E-state index in [-0.39, 0.29) is 35.6 Å². The number of β-lactam (4-membered cyclic amide) rings is 1. The number of carboxylic acid groups (broad SMARTS) is 1. The second-order valence-electron chi connectivity index (χ2n) is 9.79. The van der Waals surface area contributed by atoms with Gasteiger partial charge in [0.1, 0.15) is 5.70 Å². The van der Waals surface area contributed by atoms with Crippen LogP contribution in [0, 0.1) is 17.8 Å². The lowest BCUT2D eigenvalue weighted by molar-refractivity contribution is -0.163. The Morgan fingerprint density at radius 2 is 1.94 bits per heavy atom. The molecule has 0 radical (unpaired) electrons. The Bertz CT molecular complexity index is 819. The number of hydrogen-bond acceptors (Lipinski definition) is 6. The molecule has 0 aromatic carbocycles. The average Bonchev–Trinajstić information content (AvgIpc) is 3.24. The lowest BCUT2D eigenvalue weighted by Crippen LogP contribution is -2.63. The molecule has 10 heteroatoms. The second-order valence-corrected chi connectivity index (χ2v) is 11.1. The number of aliphatic hydroxyl groups excluding tert-OH is 1. The molecule has 1 amide bonds. The monoisotopic (exact) mass is 465 g/mol. The Labute approximate surface area is 193 Å². The molecule has 178 valence electrons. The van der Waals surface area contributed by atoms with E-state index >= 15 is 0 Å². The minimum absolute atomic E-state index is 0.0664. The maximum absolute atomic E-state index is 12.5. The van der Waals surface area contributed by atoms with Crippen molar-refractivity contribution in [3.05, 3.63) is 10.6 Å². The summed E-state index contributed by atoms with van der Waals surface area (Å²) in [4.78, 5) is 33.5. The normalized spacial score (nSPS) is 36.1. The van der Waals surface area contributed by atoms with E-state index in [0.717, 1.165) is 56.6 Å². The number of nitrogens with zero attached hydrogens (tertiary/aromatic N) is 3. The van der Waals surface area contributed by atoms with Gasteiger partial charge in [-0.3, -0.25) is 9.79 Å². The predicted molar refractivity (Wildman–Crippen MR) is 124 cm³/mol. The van der Waals surface area contributed by atoms with E-state index in [2.05, 4.69) is 9.89 Å². The van der Waals surface area contributed by atoms with Crippen LogP contribution >= 0.6 is 11.8 Å². The third kappa shape index (κ3) is 4.36. The molecule has 32 heavy (non-hydrogen) atoms. The fourth-order valence-electron chi connectivity index (χ4n) is 5.95. The Kier molecular flexibility index (Phi) is 6.74. The fraction of sp³-hybridized carbons (Fsp3) is 0.773. The third-order valence-electron chi connectivity index (χ3n) is 7.50. The van der Waals surface area contributed by atoms with Crippen molar-refractivity contribution in [1.29, 1.82) is 0 Å². The van der Waals surface area contributed by atoms with Gasteiger partial charge >= 0.3 is 5.97 Å². The predicted octanol–water partition coefficient (Wildman–Crippen LogP) is 0.780. The highest BCUT2D eigenvalue weighted by atomic mass is 32.2. The number of aliphatic hydroxyl groups is 1. The van der Waals surface area contributed by atoms with Gasteiger partial charge in [-0.15, -0.1) is 11.8 Å². The number of thioether (sulfide) groups is 1. The number of fused-ring (bicyclic) bond motifs is 1. The largest absolute Gasteiger partial charge is 0.477 e. The first kappa shape index (κ1) is 23.4. The SMILES string of the molecule is C[C@@H](O)[C@H]1C(=O)N2C(C(=O)O)=C(SC3CCN(CC4CCC(N=C(N)N)CC4)C3)[C@H](C)[C@H]12. The van der Waals surface area contributed by atoms with E-state index in [9.17, 15) is 19.8 Å². The van der Waals surface area contributed by atoms with Crippen molar-refractivity contribution in [3.8, 4) is 0 Å². The lowest BCUT2D eigenvalue weighted by atomic mass is 9.79. The number of aliphatic carboxylic acids is 1. The molecule has 3 heterocycles. The van der Waals surface area contributed by atoms with E-state index in [1.165, 1.54) is 4.90 Å². The summed E-state index contributed by atoms with van der Waals surface area (Å²) in [6.45, 7) is 6.60. The van der Waals surface area contributed by atoms with Crippen LogP contribution in [-0.2, 0) is 9.59 Å². The number of carbonyl (C=O) groups excluding carboxylic acids is 1. The minimum Gasteiger partial charge on any atom is -0.477 e. The molecule has 0 aromatic rings. The number of aliphatic imine (C=N–C) groups is 1. The van der Waals surface area contributed by atoms with Gasteiger partial charge in [0.05, 0.1) is 24.1 Å². The average molecular weight is 466 g/mol. The van der Waals surface area contributed by atoms with Gasteiger partial charge in [0, 0.05) is 29.2 Å². The summed E-state index contributed by atoms with van der Waals surface area (Å²) in [5.41, 5.74) is 11.1. The summed E-state index contributed by atoms with van der Waals surface area (Å²) < 4.78 is 0. The molecule has 1 saturated carbocycles. The molecule has 1 unspecified atom stereocenters. The lowest BCUT2D eigenvalue weighted by Gasteiger charge is -2.46. The Morgan fingerprint density at radius 1 is 1.25 bits per heavy atom. The zero-order valence-electron chi connectivity index (χ0n) is 18.8. The summed E-state index contributed by atoms with van der Waals surface area (Å²) in [6, 6.07) is 0.0101. The van der Waals surface area contributed by atoms with Crippen molar-refractivity contribution in [2.75, 3.05) is 19.6 Å². The summed E-state index contributed by atoms with van der Waals surface area (Å²) in [5.74, 6) is -1.07. The number of carbonyl (C=O) groups is 2. The van der Waals surface area contributed by atoms with Crippen LogP contribution in [0.5, 0.6) is 0 Å². The standard InChI is InChI=1S/C22H35N5O4S/c1-11-17-16(12(2)28)20(29)27(17)18(21(30)31)19(11)32-15-7-8-26(10-15)9-13-3-5-14(6-4-13)25-22(23)24/h11-17,28H,3-10H2,1-2H3,(H,30,31)(H4,23,24,25)/t11-,12-,13?,14?,15?,16-,17-/m1/s1. The molecule has 3 aliphatic heterocycles. The topological polar surface area (TPSA) is 145 Å². The van der Waals surface area contributed by atoms with Crippen molar-refractivity contribution in [1.82, 2.24) is 9.80 Å². The first-order valence-corrected chi connectivity index (χ1v) is 12.5. The molecule has 0 bridgehead atoms. The van der Waals surface area contributed by atoms with Gasteiger partial charge < -0.3 is 31.5 Å². The Hall–Kier alpha value is -1.78. The molecule has 0 spiro atoms. The second kappa shape index (κ2) is 9.23. The van der Waals surface area contributed by atoms with Crippen molar-refractivity contribution in [2.45, 2.75) is 69.4 Å². The number of rotatable bonds is 7. The van der Waals surface area contributed by atoms with Gasteiger partial charge in [-0.1, -0.05) is 6.92 Å². The highest BCUT2D eigenvalue weighted by Gasteiger charge is 2.60. The molecule has 3 fully saturated rings. The molecule has 6 N–H and O–H groups in total. The molecule has 9 nitrogen and oxygen atoms in total. The van der Waals surface area contributed by atoms with Gasteiger partial charge in [-0.25, -0.2) is 4.79 Å². The van der Waals surface area contributed by atoms with Crippen molar-refractivity contribution in [2.24, 2.45) is 34.2 Å². The smallest absolute Gasteiger partial charge is 0.353 e. The van der Waals surface area contributed by atoms with E-state index in [1.54, 1.807) is 18.7 Å². The van der Waals surface area contributed by atoms with Gasteiger partial charge in [0.15, 0.2) is 5.96 Å². The van der Waals surface area contributed by atoms with E-state index in [4.69, 9.17) is 11.5 Å². The Morgan fingerprint density at radius 3 is 2.53 bits per heavy atom. The molecule has 4 aliphatic rings. The van der Waals surface area contributed by atoms with Crippen molar-refractivity contribution in [3.63, 3.8) is 0 Å².